The lowest BCUT2D eigenvalue weighted by atomic mass is 9.85. The van der Waals surface area contributed by atoms with E-state index in [0.717, 1.165) is 24.9 Å². The summed E-state index contributed by atoms with van der Waals surface area (Å²) in [5, 5.41) is 0. The molecule has 0 aliphatic carbocycles. The number of benzene rings is 1. The van der Waals surface area contributed by atoms with E-state index in [-0.39, 0.29) is 11.2 Å². The van der Waals surface area contributed by atoms with Crippen molar-refractivity contribution in [2.75, 3.05) is 20.1 Å². The summed E-state index contributed by atoms with van der Waals surface area (Å²) in [5.74, 6) is -0.130. The van der Waals surface area contributed by atoms with Crippen molar-refractivity contribution < 1.29 is 4.39 Å². The lowest BCUT2D eigenvalue weighted by Gasteiger charge is -2.32. The molecule has 0 radical (unpaired) electrons. The molecule has 0 heterocycles. The molecule has 1 unspecified atom stereocenters. The van der Waals surface area contributed by atoms with Gasteiger partial charge in [0.1, 0.15) is 5.82 Å². The van der Waals surface area contributed by atoms with Gasteiger partial charge in [0.25, 0.3) is 0 Å². The Kier molecular flexibility index (Phi) is 5.76. The third-order valence-corrected chi connectivity index (χ3v) is 3.40. The average molecular weight is 252 g/mol. The van der Waals surface area contributed by atoms with Crippen LogP contribution in [-0.2, 0) is 6.54 Å². The summed E-state index contributed by atoms with van der Waals surface area (Å²) in [7, 11) is 2.02. The molecule has 0 aliphatic heterocycles. The van der Waals surface area contributed by atoms with Crippen LogP contribution in [0.1, 0.15) is 32.3 Å². The molecule has 0 aromatic heterocycles. The molecule has 1 atom stereocenters. The van der Waals surface area contributed by atoms with E-state index in [1.54, 1.807) is 6.07 Å². The molecule has 2 nitrogen and oxygen atoms in total. The van der Waals surface area contributed by atoms with E-state index in [1.165, 1.54) is 6.07 Å². The van der Waals surface area contributed by atoms with Crippen LogP contribution in [-0.4, -0.2) is 25.0 Å². The van der Waals surface area contributed by atoms with Crippen molar-refractivity contribution in [1.29, 1.82) is 0 Å². The second kappa shape index (κ2) is 6.86. The number of hydrogen-bond donors (Lipinski definition) is 1. The van der Waals surface area contributed by atoms with Gasteiger partial charge in [0.05, 0.1) is 0 Å². The van der Waals surface area contributed by atoms with Gasteiger partial charge < -0.3 is 10.6 Å². The summed E-state index contributed by atoms with van der Waals surface area (Å²) in [6, 6.07) is 6.95. The largest absolute Gasteiger partial charge is 0.330 e. The molecular formula is C15H25FN2. The first-order valence-corrected chi connectivity index (χ1v) is 6.63. The fraction of sp³-hybridized carbons (Fsp3) is 0.600. The quantitative estimate of drug-likeness (QED) is 0.808. The third-order valence-electron chi connectivity index (χ3n) is 3.40. The number of nitrogens with two attached hydrogens (primary N) is 1. The third kappa shape index (κ3) is 4.39. The Morgan fingerprint density at radius 2 is 2.00 bits per heavy atom. The fourth-order valence-corrected chi connectivity index (χ4v) is 2.47. The maximum Gasteiger partial charge on any atom is 0.127 e. The predicted octanol–water partition coefficient (Wildman–Crippen LogP) is 3.02. The summed E-state index contributed by atoms with van der Waals surface area (Å²) in [6.45, 7) is 6.57. The van der Waals surface area contributed by atoms with Gasteiger partial charge in [-0.2, -0.15) is 0 Å². The highest BCUT2D eigenvalue weighted by Gasteiger charge is 2.23. The predicted molar refractivity (Wildman–Crippen MR) is 74.8 cm³/mol. The molecule has 0 fully saturated rings. The van der Waals surface area contributed by atoms with Gasteiger partial charge in [0, 0.05) is 18.7 Å². The maximum absolute atomic E-state index is 13.6. The lowest BCUT2D eigenvalue weighted by molar-refractivity contribution is 0.178. The van der Waals surface area contributed by atoms with E-state index >= 15 is 0 Å². The Balaban J connectivity index is 2.61. The minimum Gasteiger partial charge on any atom is -0.330 e. The molecule has 0 saturated carbocycles. The maximum atomic E-state index is 13.6. The molecule has 0 spiro atoms. The normalized spacial score (nSPS) is 14.8. The van der Waals surface area contributed by atoms with Gasteiger partial charge in [0.15, 0.2) is 0 Å². The molecule has 0 aliphatic rings. The molecule has 0 bridgehead atoms. The van der Waals surface area contributed by atoms with Crippen LogP contribution in [0, 0.1) is 11.2 Å². The van der Waals surface area contributed by atoms with Crippen LogP contribution in [0.25, 0.3) is 0 Å². The van der Waals surface area contributed by atoms with Crippen LogP contribution in [0.2, 0.25) is 0 Å². The molecule has 18 heavy (non-hydrogen) atoms. The van der Waals surface area contributed by atoms with Gasteiger partial charge in [-0.25, -0.2) is 4.39 Å². The van der Waals surface area contributed by atoms with E-state index < -0.39 is 0 Å². The SMILES string of the molecule is CCCC(C)(CN)CN(C)Cc1ccccc1F. The smallest absolute Gasteiger partial charge is 0.127 e. The zero-order valence-corrected chi connectivity index (χ0v) is 11.7. The Morgan fingerprint density at radius 3 is 2.56 bits per heavy atom. The van der Waals surface area contributed by atoms with Gasteiger partial charge in [-0.05, 0) is 31.5 Å². The fourth-order valence-electron chi connectivity index (χ4n) is 2.47. The molecule has 1 aromatic carbocycles. The van der Waals surface area contributed by atoms with Crippen LogP contribution in [0.4, 0.5) is 4.39 Å². The average Bonchev–Trinajstić information content (AvgIpc) is 2.32. The molecule has 0 amide bonds. The van der Waals surface area contributed by atoms with Crippen LogP contribution in [0.15, 0.2) is 24.3 Å². The topological polar surface area (TPSA) is 29.3 Å². The number of nitrogens with zero attached hydrogens (tertiary/aromatic N) is 1. The Hall–Kier alpha value is -0.930. The van der Waals surface area contributed by atoms with Crippen molar-refractivity contribution in [2.24, 2.45) is 11.1 Å². The standard InChI is InChI=1S/C15H25FN2/c1-4-9-15(2,11-17)12-18(3)10-13-7-5-6-8-14(13)16/h5-8H,4,9-12,17H2,1-3H3. The van der Waals surface area contributed by atoms with Crippen LogP contribution in [0.3, 0.4) is 0 Å². The highest BCUT2D eigenvalue weighted by molar-refractivity contribution is 5.17. The van der Waals surface area contributed by atoms with Crippen molar-refractivity contribution in [3.63, 3.8) is 0 Å². The Bertz CT molecular complexity index is 367. The van der Waals surface area contributed by atoms with Gasteiger partial charge in [0.2, 0.25) is 0 Å². The van der Waals surface area contributed by atoms with Crippen molar-refractivity contribution >= 4 is 0 Å². The molecule has 2 N–H and O–H groups in total. The molecule has 0 saturated heterocycles. The van der Waals surface area contributed by atoms with Crippen molar-refractivity contribution in [1.82, 2.24) is 4.90 Å². The number of rotatable bonds is 7. The van der Waals surface area contributed by atoms with Gasteiger partial charge in [-0.3, -0.25) is 0 Å². The summed E-state index contributed by atoms with van der Waals surface area (Å²) in [6.07, 6.45) is 2.23. The van der Waals surface area contributed by atoms with Gasteiger partial charge in [-0.1, -0.05) is 38.5 Å². The van der Waals surface area contributed by atoms with Gasteiger partial charge in [-0.15, -0.1) is 0 Å². The minimum absolute atomic E-state index is 0.120. The first-order chi connectivity index (χ1) is 8.50. The van der Waals surface area contributed by atoms with Gasteiger partial charge >= 0.3 is 0 Å². The van der Waals surface area contributed by atoms with Crippen molar-refractivity contribution in [3.8, 4) is 0 Å². The minimum atomic E-state index is -0.130. The zero-order chi connectivity index (χ0) is 13.6. The van der Waals surface area contributed by atoms with Crippen LogP contribution < -0.4 is 5.73 Å². The number of halogens is 1. The van der Waals surface area contributed by atoms with E-state index in [9.17, 15) is 4.39 Å². The zero-order valence-electron chi connectivity index (χ0n) is 11.7. The van der Waals surface area contributed by atoms with Crippen LogP contribution >= 0.6 is 0 Å². The Morgan fingerprint density at radius 1 is 1.33 bits per heavy atom. The van der Waals surface area contributed by atoms with Crippen molar-refractivity contribution in [2.45, 2.75) is 33.2 Å². The number of hydrogen-bond acceptors (Lipinski definition) is 2. The summed E-state index contributed by atoms with van der Waals surface area (Å²) in [5.41, 5.74) is 6.73. The van der Waals surface area contributed by atoms with E-state index in [0.29, 0.717) is 13.1 Å². The summed E-state index contributed by atoms with van der Waals surface area (Å²) in [4.78, 5) is 2.15. The molecule has 3 heteroatoms. The molecule has 1 rings (SSSR count). The highest BCUT2D eigenvalue weighted by Crippen LogP contribution is 2.23. The first-order valence-electron chi connectivity index (χ1n) is 6.63. The van der Waals surface area contributed by atoms with Crippen LogP contribution in [0.5, 0.6) is 0 Å². The van der Waals surface area contributed by atoms with E-state index in [2.05, 4.69) is 18.7 Å². The molecular weight excluding hydrogens is 227 g/mol. The Labute approximate surface area is 110 Å². The lowest BCUT2D eigenvalue weighted by Crippen LogP contribution is -2.38. The molecule has 102 valence electrons. The summed E-state index contributed by atoms with van der Waals surface area (Å²) >= 11 is 0. The summed E-state index contributed by atoms with van der Waals surface area (Å²) < 4.78 is 13.6. The first kappa shape index (κ1) is 15.1. The van der Waals surface area contributed by atoms with E-state index in [1.807, 2.05) is 19.2 Å². The van der Waals surface area contributed by atoms with E-state index in [4.69, 9.17) is 5.73 Å². The van der Waals surface area contributed by atoms with Crippen molar-refractivity contribution in [3.05, 3.63) is 35.6 Å². The molecule has 1 aromatic rings. The second-order valence-electron chi connectivity index (χ2n) is 5.53. The second-order valence-corrected chi connectivity index (χ2v) is 5.53. The highest BCUT2D eigenvalue weighted by atomic mass is 19.1. The monoisotopic (exact) mass is 252 g/mol.